The standard InChI is InChI=1S/C21H28NO6S/c1-16-9-11-19(12-10-16)29(25,26)28-22(5,20(24)27-21(2,3)4)14-17-7-6-8-18(13-17)15-23/h6-13,23H,14-15H2,1-5H3/q+1. The molecule has 0 saturated heterocycles. The van der Waals surface area contributed by atoms with Crippen molar-refractivity contribution in [1.29, 1.82) is 0 Å². The number of benzene rings is 2. The minimum absolute atomic E-state index is 0.0554. The fourth-order valence-electron chi connectivity index (χ4n) is 2.62. The summed E-state index contributed by atoms with van der Waals surface area (Å²) < 4.78 is 35.6. The molecule has 1 atom stereocenters. The van der Waals surface area contributed by atoms with Crippen molar-refractivity contribution >= 4 is 16.2 Å². The molecule has 0 saturated carbocycles. The van der Waals surface area contributed by atoms with Gasteiger partial charge in [0.05, 0.1) is 11.5 Å². The summed E-state index contributed by atoms with van der Waals surface area (Å²) in [6.07, 6.45) is -0.845. The highest BCUT2D eigenvalue weighted by atomic mass is 32.2. The number of carbonyl (C=O) groups is 1. The molecule has 2 aromatic carbocycles. The van der Waals surface area contributed by atoms with E-state index >= 15 is 0 Å². The maximum absolute atomic E-state index is 12.9. The van der Waals surface area contributed by atoms with E-state index in [2.05, 4.69) is 0 Å². The van der Waals surface area contributed by atoms with Crippen molar-refractivity contribution in [3.8, 4) is 0 Å². The molecule has 158 valence electrons. The zero-order valence-electron chi connectivity index (χ0n) is 17.4. The smallest absolute Gasteiger partial charge is 0.412 e. The van der Waals surface area contributed by atoms with Crippen molar-refractivity contribution in [1.82, 2.24) is 0 Å². The number of hydrogen-bond donors (Lipinski definition) is 1. The van der Waals surface area contributed by atoms with Crippen LogP contribution in [0.15, 0.2) is 53.4 Å². The number of aliphatic hydroxyl groups excluding tert-OH is 1. The highest BCUT2D eigenvalue weighted by Crippen LogP contribution is 2.25. The van der Waals surface area contributed by atoms with Gasteiger partial charge in [0.2, 0.25) is 0 Å². The monoisotopic (exact) mass is 422 g/mol. The molecule has 0 spiro atoms. The second-order valence-electron chi connectivity index (χ2n) is 8.06. The molecule has 0 bridgehead atoms. The van der Waals surface area contributed by atoms with Crippen molar-refractivity contribution in [2.45, 2.75) is 51.3 Å². The zero-order chi connectivity index (χ0) is 21.9. The zero-order valence-corrected chi connectivity index (χ0v) is 18.2. The summed E-state index contributed by atoms with van der Waals surface area (Å²) >= 11 is 0. The van der Waals surface area contributed by atoms with Gasteiger partial charge in [-0.2, -0.15) is 13.2 Å². The van der Waals surface area contributed by atoms with E-state index in [4.69, 9.17) is 9.02 Å². The van der Waals surface area contributed by atoms with Crippen LogP contribution >= 0.6 is 0 Å². The van der Waals surface area contributed by atoms with Crippen molar-refractivity contribution in [2.75, 3.05) is 7.05 Å². The van der Waals surface area contributed by atoms with Gasteiger partial charge in [0.25, 0.3) is 0 Å². The molecule has 1 amide bonds. The number of aryl methyl sites for hydroxylation is 1. The third-order valence-electron chi connectivity index (χ3n) is 4.01. The van der Waals surface area contributed by atoms with Gasteiger partial charge >= 0.3 is 16.2 Å². The summed E-state index contributed by atoms with van der Waals surface area (Å²) in [6.45, 7) is 6.63. The quantitative estimate of drug-likeness (QED) is 0.564. The largest absolute Gasteiger partial charge is 0.551 e. The first-order valence-electron chi connectivity index (χ1n) is 9.15. The Bertz CT molecular complexity index is 963. The number of hydroxylamine groups is 3. The van der Waals surface area contributed by atoms with E-state index in [-0.39, 0.29) is 18.0 Å². The first-order chi connectivity index (χ1) is 13.3. The van der Waals surface area contributed by atoms with Gasteiger partial charge < -0.3 is 9.84 Å². The second kappa shape index (κ2) is 8.62. The van der Waals surface area contributed by atoms with Crippen LogP contribution in [0.3, 0.4) is 0 Å². The molecule has 29 heavy (non-hydrogen) atoms. The van der Waals surface area contributed by atoms with Crippen molar-refractivity contribution in [2.24, 2.45) is 0 Å². The molecule has 0 aliphatic heterocycles. The molecule has 7 nitrogen and oxygen atoms in total. The Morgan fingerprint density at radius 2 is 1.66 bits per heavy atom. The van der Waals surface area contributed by atoms with Crippen LogP contribution in [0.25, 0.3) is 0 Å². The Hall–Kier alpha value is -2.26. The number of hydrogen-bond acceptors (Lipinski definition) is 6. The first-order valence-corrected chi connectivity index (χ1v) is 10.6. The summed E-state index contributed by atoms with van der Waals surface area (Å²) in [5.41, 5.74) is 1.32. The van der Waals surface area contributed by atoms with Gasteiger partial charge in [0.1, 0.15) is 19.2 Å². The molecular formula is C21H28NO6S+. The summed E-state index contributed by atoms with van der Waals surface area (Å²) in [5.74, 6) is 0. The van der Waals surface area contributed by atoms with Crippen LogP contribution in [0.1, 0.15) is 37.5 Å². The SMILES string of the molecule is Cc1ccc(S(=O)(=O)O[N+](C)(Cc2cccc(CO)c2)C(=O)OC(C)(C)C)cc1. The lowest BCUT2D eigenvalue weighted by molar-refractivity contribution is -1.01. The Balaban J connectivity index is 2.42. The molecular weight excluding hydrogens is 394 g/mol. The van der Waals surface area contributed by atoms with Crippen LogP contribution in [0.2, 0.25) is 0 Å². The van der Waals surface area contributed by atoms with Crippen LogP contribution in [0.5, 0.6) is 0 Å². The summed E-state index contributed by atoms with van der Waals surface area (Å²) in [5, 5.41) is 9.36. The van der Waals surface area contributed by atoms with Crippen molar-refractivity contribution in [3.63, 3.8) is 0 Å². The van der Waals surface area contributed by atoms with Gasteiger partial charge in [0, 0.05) is 5.56 Å². The summed E-state index contributed by atoms with van der Waals surface area (Å²) in [6, 6.07) is 13.0. The van der Waals surface area contributed by atoms with E-state index < -0.39 is 26.5 Å². The van der Waals surface area contributed by atoms with Gasteiger partial charge in [-0.05, 0) is 51.5 Å². The number of amides is 1. The Labute approximate surface area is 172 Å². The molecule has 0 aliphatic carbocycles. The highest BCUT2D eigenvalue weighted by Gasteiger charge is 2.44. The van der Waals surface area contributed by atoms with E-state index in [1.54, 1.807) is 57.2 Å². The van der Waals surface area contributed by atoms with E-state index in [1.165, 1.54) is 19.2 Å². The Morgan fingerprint density at radius 3 is 2.21 bits per heavy atom. The molecule has 2 aromatic rings. The molecule has 0 aromatic heterocycles. The van der Waals surface area contributed by atoms with E-state index in [0.717, 1.165) is 5.56 Å². The minimum Gasteiger partial charge on any atom is -0.412 e. The van der Waals surface area contributed by atoms with E-state index in [0.29, 0.717) is 11.1 Å². The molecule has 0 aliphatic rings. The van der Waals surface area contributed by atoms with Crippen LogP contribution < -0.4 is 0 Å². The fourth-order valence-corrected chi connectivity index (χ4v) is 3.72. The third kappa shape index (κ3) is 6.37. The number of ether oxygens (including phenoxy) is 1. The lowest BCUT2D eigenvalue weighted by Gasteiger charge is -2.29. The molecule has 0 fully saturated rings. The van der Waals surface area contributed by atoms with E-state index in [1.807, 2.05) is 6.92 Å². The average molecular weight is 423 g/mol. The molecule has 0 heterocycles. The Morgan fingerprint density at radius 1 is 1.07 bits per heavy atom. The predicted octanol–water partition coefficient (Wildman–Crippen LogP) is 3.69. The van der Waals surface area contributed by atoms with Crippen LogP contribution in [-0.4, -0.2) is 36.9 Å². The molecule has 0 radical (unpaired) electrons. The van der Waals surface area contributed by atoms with Gasteiger partial charge in [-0.15, -0.1) is 0 Å². The molecule has 1 unspecified atom stereocenters. The van der Waals surface area contributed by atoms with Crippen molar-refractivity contribution in [3.05, 3.63) is 65.2 Å². The first kappa shape index (κ1) is 23.0. The lowest BCUT2D eigenvalue weighted by atomic mass is 10.1. The van der Waals surface area contributed by atoms with Gasteiger partial charge in [0.15, 0.2) is 0 Å². The number of rotatable bonds is 6. The maximum atomic E-state index is 12.9. The van der Waals surface area contributed by atoms with Gasteiger partial charge in [-0.3, -0.25) is 0 Å². The normalized spacial score (nSPS) is 14.3. The molecule has 8 heteroatoms. The molecule has 2 rings (SSSR count). The third-order valence-corrected chi connectivity index (χ3v) is 5.39. The Kier molecular flexibility index (Phi) is 6.85. The number of aliphatic hydroxyl groups is 1. The number of quaternary nitrogens is 1. The van der Waals surface area contributed by atoms with Gasteiger partial charge in [-0.1, -0.05) is 44.8 Å². The maximum Gasteiger partial charge on any atom is 0.551 e. The average Bonchev–Trinajstić information content (AvgIpc) is 2.60. The van der Waals surface area contributed by atoms with Crippen LogP contribution in [0.4, 0.5) is 4.79 Å². The molecule has 1 N–H and O–H groups in total. The lowest BCUT2D eigenvalue weighted by Crippen LogP contribution is -2.52. The second-order valence-corrected chi connectivity index (χ2v) is 9.59. The van der Waals surface area contributed by atoms with Gasteiger partial charge in [-0.25, -0.2) is 0 Å². The van der Waals surface area contributed by atoms with Crippen molar-refractivity contribution < 1.29 is 32.0 Å². The summed E-state index contributed by atoms with van der Waals surface area (Å²) in [4.78, 5) is 12.9. The number of nitrogens with zero attached hydrogens (tertiary/aromatic N) is 1. The summed E-state index contributed by atoms with van der Waals surface area (Å²) in [7, 11) is -2.91. The highest BCUT2D eigenvalue weighted by molar-refractivity contribution is 7.86. The fraction of sp³-hybridized carbons (Fsp3) is 0.381. The number of carbonyl (C=O) groups excluding carboxylic acids is 1. The predicted molar refractivity (Wildman–Crippen MR) is 108 cm³/mol. The van der Waals surface area contributed by atoms with Crippen LogP contribution in [-0.2, 0) is 32.3 Å². The minimum atomic E-state index is -4.25. The van der Waals surface area contributed by atoms with E-state index in [9.17, 15) is 18.3 Å². The topological polar surface area (TPSA) is 89.9 Å². The van der Waals surface area contributed by atoms with Crippen LogP contribution in [0, 0.1) is 6.92 Å².